The van der Waals surface area contributed by atoms with Gasteiger partial charge in [0.1, 0.15) is 6.54 Å². The van der Waals surface area contributed by atoms with Gasteiger partial charge in [0.25, 0.3) is 0 Å². The monoisotopic (exact) mass is 320 g/mol. The van der Waals surface area contributed by atoms with Crippen LogP contribution in [-0.4, -0.2) is 48.8 Å². The molecule has 20 heavy (non-hydrogen) atoms. The third-order valence-corrected chi connectivity index (χ3v) is 3.00. The predicted octanol–water partition coefficient (Wildman–Crippen LogP) is 2.56. The van der Waals surface area contributed by atoms with Gasteiger partial charge in [-0.25, -0.2) is 4.79 Å². The Morgan fingerprint density at radius 1 is 1.35 bits per heavy atom. The summed E-state index contributed by atoms with van der Waals surface area (Å²) in [5.74, 6) is -1.12. The van der Waals surface area contributed by atoms with Crippen LogP contribution in [-0.2, 0) is 9.53 Å². The molecule has 0 atom stereocenters. The van der Waals surface area contributed by atoms with Gasteiger partial charge in [-0.05, 0) is 12.1 Å². The first-order valence-corrected chi connectivity index (χ1v) is 6.42. The third kappa shape index (κ3) is 4.88. The number of benzene rings is 1. The summed E-state index contributed by atoms with van der Waals surface area (Å²) in [5.41, 5.74) is 0.244. The van der Waals surface area contributed by atoms with Crippen molar-refractivity contribution in [2.24, 2.45) is 0 Å². The molecular formula is C12H14Cl2N2O4. The van der Waals surface area contributed by atoms with Crippen LogP contribution in [0.5, 0.6) is 0 Å². The lowest BCUT2D eigenvalue weighted by Gasteiger charge is -2.21. The number of ether oxygens (including phenoxy) is 1. The molecule has 0 unspecified atom stereocenters. The summed E-state index contributed by atoms with van der Waals surface area (Å²) in [4.78, 5) is 23.9. The van der Waals surface area contributed by atoms with Gasteiger partial charge in [0.05, 0.1) is 22.3 Å². The van der Waals surface area contributed by atoms with E-state index in [2.05, 4.69) is 5.32 Å². The number of carbonyl (C=O) groups excluding carboxylic acids is 1. The van der Waals surface area contributed by atoms with E-state index in [-0.39, 0.29) is 28.9 Å². The van der Waals surface area contributed by atoms with Gasteiger partial charge in [0.2, 0.25) is 0 Å². The maximum atomic E-state index is 12.0. The van der Waals surface area contributed by atoms with Gasteiger partial charge in [0, 0.05) is 13.7 Å². The molecule has 110 valence electrons. The second-order valence-electron chi connectivity index (χ2n) is 3.83. The number of carboxylic acids is 1. The molecule has 0 heterocycles. The molecule has 0 aliphatic heterocycles. The van der Waals surface area contributed by atoms with Crippen molar-refractivity contribution in [3.05, 3.63) is 28.2 Å². The van der Waals surface area contributed by atoms with Gasteiger partial charge < -0.3 is 20.1 Å². The number of para-hydroxylation sites is 1. The average molecular weight is 321 g/mol. The summed E-state index contributed by atoms with van der Waals surface area (Å²) in [6, 6.07) is 4.17. The molecule has 0 aliphatic rings. The highest BCUT2D eigenvalue weighted by Crippen LogP contribution is 2.29. The van der Waals surface area contributed by atoms with E-state index in [1.165, 1.54) is 7.11 Å². The quantitative estimate of drug-likeness (QED) is 0.844. The fourth-order valence-corrected chi connectivity index (χ4v) is 1.91. The van der Waals surface area contributed by atoms with E-state index in [1.54, 1.807) is 18.2 Å². The van der Waals surface area contributed by atoms with Gasteiger partial charge in [-0.3, -0.25) is 4.79 Å². The Morgan fingerprint density at radius 2 is 1.95 bits per heavy atom. The fourth-order valence-electron chi connectivity index (χ4n) is 1.42. The molecule has 1 aromatic rings. The minimum Gasteiger partial charge on any atom is -0.480 e. The van der Waals surface area contributed by atoms with Crippen molar-refractivity contribution in [2.45, 2.75) is 0 Å². The van der Waals surface area contributed by atoms with Crippen LogP contribution in [0.15, 0.2) is 18.2 Å². The van der Waals surface area contributed by atoms with Crippen molar-refractivity contribution in [1.82, 2.24) is 4.90 Å². The molecule has 0 spiro atoms. The largest absolute Gasteiger partial charge is 0.480 e. The molecule has 2 amide bonds. The van der Waals surface area contributed by atoms with Crippen molar-refractivity contribution >= 4 is 40.9 Å². The summed E-state index contributed by atoms with van der Waals surface area (Å²) in [5, 5.41) is 11.8. The Balaban J connectivity index is 2.81. The lowest BCUT2D eigenvalue weighted by atomic mass is 10.3. The number of methoxy groups -OCH3 is 1. The summed E-state index contributed by atoms with van der Waals surface area (Å²) in [6.07, 6.45) is 0. The molecule has 6 nitrogen and oxygen atoms in total. The van der Waals surface area contributed by atoms with Gasteiger partial charge in [-0.2, -0.15) is 0 Å². The van der Waals surface area contributed by atoms with Crippen LogP contribution in [0.4, 0.5) is 10.5 Å². The number of hydrogen-bond donors (Lipinski definition) is 2. The van der Waals surface area contributed by atoms with Crippen LogP contribution in [0, 0.1) is 0 Å². The van der Waals surface area contributed by atoms with E-state index in [0.29, 0.717) is 0 Å². The Bertz CT molecular complexity index is 476. The minimum atomic E-state index is -1.12. The smallest absolute Gasteiger partial charge is 0.323 e. The number of carboxylic acid groups (broad SMARTS) is 1. The number of nitrogens with zero attached hydrogens (tertiary/aromatic N) is 1. The van der Waals surface area contributed by atoms with Crippen molar-refractivity contribution < 1.29 is 19.4 Å². The normalized spacial score (nSPS) is 10.2. The number of hydrogen-bond acceptors (Lipinski definition) is 3. The highest BCUT2D eigenvalue weighted by molar-refractivity contribution is 6.39. The maximum Gasteiger partial charge on any atom is 0.323 e. The van der Waals surface area contributed by atoms with Crippen LogP contribution < -0.4 is 5.32 Å². The molecular weight excluding hydrogens is 307 g/mol. The van der Waals surface area contributed by atoms with E-state index < -0.39 is 18.5 Å². The van der Waals surface area contributed by atoms with E-state index in [9.17, 15) is 9.59 Å². The Morgan fingerprint density at radius 3 is 2.45 bits per heavy atom. The third-order valence-electron chi connectivity index (χ3n) is 2.37. The number of anilines is 1. The Kier molecular flexibility index (Phi) is 6.57. The molecule has 0 aromatic heterocycles. The second-order valence-corrected chi connectivity index (χ2v) is 4.65. The molecule has 0 radical (unpaired) electrons. The number of carbonyl (C=O) groups is 2. The number of urea groups is 1. The molecule has 1 aromatic carbocycles. The SMILES string of the molecule is COCCN(CC(=O)O)C(=O)Nc1c(Cl)cccc1Cl. The molecule has 0 saturated heterocycles. The van der Waals surface area contributed by atoms with E-state index in [1.807, 2.05) is 0 Å². The van der Waals surface area contributed by atoms with Gasteiger partial charge in [-0.1, -0.05) is 29.3 Å². The lowest BCUT2D eigenvalue weighted by Crippen LogP contribution is -2.40. The number of rotatable bonds is 6. The average Bonchev–Trinajstić information content (AvgIpc) is 2.38. The van der Waals surface area contributed by atoms with Gasteiger partial charge in [-0.15, -0.1) is 0 Å². The van der Waals surface area contributed by atoms with Crippen molar-refractivity contribution in [3.63, 3.8) is 0 Å². The fraction of sp³-hybridized carbons (Fsp3) is 0.333. The van der Waals surface area contributed by atoms with Gasteiger partial charge >= 0.3 is 12.0 Å². The van der Waals surface area contributed by atoms with E-state index in [4.69, 9.17) is 33.0 Å². The first kappa shape index (κ1) is 16.6. The lowest BCUT2D eigenvalue weighted by molar-refractivity contribution is -0.137. The first-order valence-electron chi connectivity index (χ1n) is 5.66. The zero-order chi connectivity index (χ0) is 15.1. The maximum absolute atomic E-state index is 12.0. The molecule has 0 aliphatic carbocycles. The molecule has 0 fully saturated rings. The molecule has 0 saturated carbocycles. The molecule has 2 N–H and O–H groups in total. The van der Waals surface area contributed by atoms with E-state index in [0.717, 1.165) is 4.90 Å². The summed E-state index contributed by atoms with van der Waals surface area (Å²) in [7, 11) is 1.46. The minimum absolute atomic E-state index is 0.136. The van der Waals surface area contributed by atoms with Crippen molar-refractivity contribution in [1.29, 1.82) is 0 Å². The zero-order valence-electron chi connectivity index (χ0n) is 10.7. The first-order chi connectivity index (χ1) is 9.45. The number of halogens is 2. The summed E-state index contributed by atoms with van der Waals surface area (Å²) in [6.45, 7) is -0.0923. The second kappa shape index (κ2) is 7.94. The number of amides is 2. The predicted molar refractivity (Wildman–Crippen MR) is 76.6 cm³/mol. The van der Waals surface area contributed by atoms with Crippen molar-refractivity contribution in [3.8, 4) is 0 Å². The van der Waals surface area contributed by atoms with Crippen LogP contribution >= 0.6 is 23.2 Å². The van der Waals surface area contributed by atoms with Crippen LogP contribution in [0.3, 0.4) is 0 Å². The highest BCUT2D eigenvalue weighted by Gasteiger charge is 2.18. The number of nitrogens with one attached hydrogen (secondary N) is 1. The topological polar surface area (TPSA) is 78.9 Å². The zero-order valence-corrected chi connectivity index (χ0v) is 12.2. The van der Waals surface area contributed by atoms with Crippen LogP contribution in [0.1, 0.15) is 0 Å². The molecule has 1 rings (SSSR count). The van der Waals surface area contributed by atoms with Crippen LogP contribution in [0.25, 0.3) is 0 Å². The number of aliphatic carboxylic acids is 1. The van der Waals surface area contributed by atoms with E-state index >= 15 is 0 Å². The Labute approximate surface area is 126 Å². The molecule has 8 heteroatoms. The molecule has 0 bridgehead atoms. The summed E-state index contributed by atoms with van der Waals surface area (Å²) >= 11 is 11.9. The van der Waals surface area contributed by atoms with Gasteiger partial charge in [0.15, 0.2) is 0 Å². The standard InChI is InChI=1S/C12H14Cl2N2O4/c1-20-6-5-16(7-10(17)18)12(19)15-11-8(13)3-2-4-9(11)14/h2-4H,5-7H2,1H3,(H,15,19)(H,17,18). The van der Waals surface area contributed by atoms with Crippen LogP contribution in [0.2, 0.25) is 10.0 Å². The van der Waals surface area contributed by atoms with Crippen molar-refractivity contribution in [2.75, 3.05) is 32.1 Å². The Hall–Kier alpha value is -1.50. The summed E-state index contributed by atoms with van der Waals surface area (Å²) < 4.78 is 4.83. The highest BCUT2D eigenvalue weighted by atomic mass is 35.5.